The third-order valence-electron chi connectivity index (χ3n) is 5.11. The SMILES string of the molecule is O=C1CCC[C@@]2(COCc3ccccc3)OC[C@H](c3ccccc3)N12. The van der Waals surface area contributed by atoms with Crippen LogP contribution in [0.4, 0.5) is 0 Å². The second-order valence-corrected chi connectivity index (χ2v) is 6.78. The molecule has 130 valence electrons. The molecule has 2 aliphatic heterocycles. The van der Waals surface area contributed by atoms with Gasteiger partial charge < -0.3 is 14.4 Å². The van der Waals surface area contributed by atoms with Gasteiger partial charge in [-0.1, -0.05) is 60.7 Å². The molecule has 2 saturated heterocycles. The van der Waals surface area contributed by atoms with Crippen molar-refractivity contribution in [2.45, 2.75) is 37.6 Å². The number of piperidine rings is 1. The summed E-state index contributed by atoms with van der Waals surface area (Å²) in [6.45, 7) is 1.48. The van der Waals surface area contributed by atoms with E-state index < -0.39 is 5.72 Å². The second-order valence-electron chi connectivity index (χ2n) is 6.78. The molecule has 4 heteroatoms. The number of carbonyl (C=O) groups excluding carboxylic acids is 1. The van der Waals surface area contributed by atoms with Gasteiger partial charge in [0.2, 0.25) is 5.91 Å². The molecule has 0 saturated carbocycles. The standard InChI is InChI=1S/C21H23NO3/c23-20-12-7-13-21(16-24-14-17-8-3-1-4-9-17)22(20)19(15-25-21)18-10-5-2-6-11-18/h1-6,8-11,19H,7,12-16H2/t19-,21+/m1/s1. The van der Waals surface area contributed by atoms with Gasteiger partial charge in [0, 0.05) is 6.42 Å². The number of ether oxygens (including phenoxy) is 2. The van der Waals surface area contributed by atoms with Gasteiger partial charge in [-0.25, -0.2) is 0 Å². The van der Waals surface area contributed by atoms with E-state index in [2.05, 4.69) is 12.1 Å². The Morgan fingerprint density at radius 2 is 1.80 bits per heavy atom. The van der Waals surface area contributed by atoms with E-state index in [1.807, 2.05) is 53.4 Å². The van der Waals surface area contributed by atoms with E-state index in [-0.39, 0.29) is 11.9 Å². The summed E-state index contributed by atoms with van der Waals surface area (Å²) in [4.78, 5) is 14.6. The Hall–Kier alpha value is -2.17. The van der Waals surface area contributed by atoms with Crippen LogP contribution in [0.3, 0.4) is 0 Å². The van der Waals surface area contributed by atoms with E-state index in [0.717, 1.165) is 24.0 Å². The maximum Gasteiger partial charge on any atom is 0.225 e. The molecule has 2 fully saturated rings. The fraction of sp³-hybridized carbons (Fsp3) is 0.381. The molecular formula is C21H23NO3. The first-order valence-corrected chi connectivity index (χ1v) is 8.91. The molecule has 0 unspecified atom stereocenters. The summed E-state index contributed by atoms with van der Waals surface area (Å²) >= 11 is 0. The minimum Gasteiger partial charge on any atom is -0.372 e. The summed E-state index contributed by atoms with van der Waals surface area (Å²) in [5.41, 5.74) is 1.64. The van der Waals surface area contributed by atoms with Crippen LogP contribution in [0.5, 0.6) is 0 Å². The Balaban J connectivity index is 1.51. The summed E-state index contributed by atoms with van der Waals surface area (Å²) in [5.74, 6) is 0.168. The van der Waals surface area contributed by atoms with Crippen molar-refractivity contribution >= 4 is 5.91 Å². The quantitative estimate of drug-likeness (QED) is 0.835. The molecule has 2 heterocycles. The number of hydrogen-bond donors (Lipinski definition) is 0. The zero-order valence-electron chi connectivity index (χ0n) is 14.3. The van der Waals surface area contributed by atoms with Crippen LogP contribution in [0.2, 0.25) is 0 Å². The third-order valence-corrected chi connectivity index (χ3v) is 5.11. The van der Waals surface area contributed by atoms with Crippen molar-refractivity contribution < 1.29 is 14.3 Å². The summed E-state index contributed by atoms with van der Waals surface area (Å²) in [6.07, 6.45) is 2.27. The summed E-state index contributed by atoms with van der Waals surface area (Å²) in [7, 11) is 0. The molecule has 0 spiro atoms. The molecule has 2 aliphatic rings. The summed E-state index contributed by atoms with van der Waals surface area (Å²) < 4.78 is 12.2. The lowest BCUT2D eigenvalue weighted by molar-refractivity contribution is -0.176. The number of benzene rings is 2. The van der Waals surface area contributed by atoms with Gasteiger partial charge in [0.15, 0.2) is 5.72 Å². The van der Waals surface area contributed by atoms with Crippen LogP contribution in [0, 0.1) is 0 Å². The molecule has 0 aliphatic carbocycles. The third kappa shape index (κ3) is 3.20. The van der Waals surface area contributed by atoms with Crippen LogP contribution in [-0.4, -0.2) is 29.7 Å². The molecule has 25 heavy (non-hydrogen) atoms. The number of fused-ring (bicyclic) bond motifs is 1. The highest BCUT2D eigenvalue weighted by Crippen LogP contribution is 2.43. The van der Waals surface area contributed by atoms with Gasteiger partial charge in [-0.2, -0.15) is 0 Å². The highest BCUT2D eigenvalue weighted by atomic mass is 16.6. The first kappa shape index (κ1) is 16.3. The maximum atomic E-state index is 12.7. The van der Waals surface area contributed by atoms with E-state index in [4.69, 9.17) is 9.47 Å². The Kier molecular flexibility index (Phi) is 4.55. The van der Waals surface area contributed by atoms with E-state index in [1.165, 1.54) is 0 Å². The number of nitrogens with zero attached hydrogens (tertiary/aromatic N) is 1. The summed E-state index contributed by atoms with van der Waals surface area (Å²) in [6, 6.07) is 20.2. The highest BCUT2D eigenvalue weighted by Gasteiger charge is 2.52. The Morgan fingerprint density at radius 1 is 1.08 bits per heavy atom. The van der Waals surface area contributed by atoms with E-state index in [1.54, 1.807) is 0 Å². The van der Waals surface area contributed by atoms with Crippen LogP contribution in [-0.2, 0) is 20.9 Å². The first-order chi connectivity index (χ1) is 12.3. The Labute approximate surface area is 148 Å². The molecule has 2 aromatic rings. The lowest BCUT2D eigenvalue weighted by atomic mass is 9.95. The van der Waals surface area contributed by atoms with Crippen molar-refractivity contribution in [3.63, 3.8) is 0 Å². The van der Waals surface area contributed by atoms with Gasteiger partial charge in [0.25, 0.3) is 0 Å². The van der Waals surface area contributed by atoms with Gasteiger partial charge in [-0.15, -0.1) is 0 Å². The number of rotatable bonds is 5. The molecule has 4 nitrogen and oxygen atoms in total. The molecule has 2 atom stereocenters. The van der Waals surface area contributed by atoms with Crippen LogP contribution in [0.1, 0.15) is 36.4 Å². The minimum atomic E-state index is -0.620. The molecule has 0 radical (unpaired) electrons. The lowest BCUT2D eigenvalue weighted by Gasteiger charge is -2.42. The van der Waals surface area contributed by atoms with Crippen LogP contribution in [0.15, 0.2) is 60.7 Å². The van der Waals surface area contributed by atoms with Crippen LogP contribution in [0.25, 0.3) is 0 Å². The Morgan fingerprint density at radius 3 is 2.56 bits per heavy atom. The van der Waals surface area contributed by atoms with E-state index in [0.29, 0.717) is 26.2 Å². The highest BCUT2D eigenvalue weighted by molar-refractivity contribution is 5.78. The number of amides is 1. The predicted octanol–water partition coefficient (Wildman–Crippen LogP) is 3.68. The topological polar surface area (TPSA) is 38.8 Å². The smallest absolute Gasteiger partial charge is 0.225 e. The van der Waals surface area contributed by atoms with Gasteiger partial charge >= 0.3 is 0 Å². The molecule has 0 N–H and O–H groups in total. The van der Waals surface area contributed by atoms with Crippen molar-refractivity contribution in [3.8, 4) is 0 Å². The zero-order valence-corrected chi connectivity index (χ0v) is 14.3. The van der Waals surface area contributed by atoms with Crippen molar-refractivity contribution in [1.29, 1.82) is 0 Å². The fourth-order valence-corrected chi connectivity index (χ4v) is 3.90. The Bertz CT molecular complexity index is 718. The first-order valence-electron chi connectivity index (χ1n) is 8.91. The predicted molar refractivity (Wildman–Crippen MR) is 94.7 cm³/mol. The zero-order chi connectivity index (χ0) is 17.1. The number of carbonyl (C=O) groups is 1. The second kappa shape index (κ2) is 6.98. The normalized spacial score (nSPS) is 25.8. The van der Waals surface area contributed by atoms with Crippen molar-refractivity contribution in [3.05, 3.63) is 71.8 Å². The molecule has 0 bridgehead atoms. The molecule has 0 aromatic heterocycles. The minimum absolute atomic E-state index is 0.0191. The van der Waals surface area contributed by atoms with Gasteiger partial charge in [-0.05, 0) is 24.0 Å². The largest absolute Gasteiger partial charge is 0.372 e. The fourth-order valence-electron chi connectivity index (χ4n) is 3.90. The van der Waals surface area contributed by atoms with Crippen molar-refractivity contribution in [1.82, 2.24) is 4.90 Å². The average molecular weight is 337 g/mol. The molecule has 1 amide bonds. The molecule has 2 aromatic carbocycles. The van der Waals surface area contributed by atoms with Crippen LogP contribution >= 0.6 is 0 Å². The van der Waals surface area contributed by atoms with Gasteiger partial charge in [0.1, 0.15) is 0 Å². The summed E-state index contributed by atoms with van der Waals surface area (Å²) in [5, 5.41) is 0. The maximum absolute atomic E-state index is 12.7. The van der Waals surface area contributed by atoms with Crippen molar-refractivity contribution in [2.75, 3.05) is 13.2 Å². The average Bonchev–Trinajstić information content (AvgIpc) is 3.04. The van der Waals surface area contributed by atoms with Gasteiger partial charge in [0.05, 0.1) is 25.9 Å². The lowest BCUT2D eigenvalue weighted by Crippen LogP contribution is -2.54. The van der Waals surface area contributed by atoms with Crippen LogP contribution < -0.4 is 0 Å². The van der Waals surface area contributed by atoms with Gasteiger partial charge in [-0.3, -0.25) is 4.79 Å². The number of hydrogen-bond acceptors (Lipinski definition) is 3. The van der Waals surface area contributed by atoms with E-state index in [9.17, 15) is 4.79 Å². The molecular weight excluding hydrogens is 314 g/mol. The monoisotopic (exact) mass is 337 g/mol. The van der Waals surface area contributed by atoms with E-state index >= 15 is 0 Å². The van der Waals surface area contributed by atoms with Crippen molar-refractivity contribution in [2.24, 2.45) is 0 Å². The molecule has 4 rings (SSSR count).